The second-order valence-corrected chi connectivity index (χ2v) is 6.46. The van der Waals surface area contributed by atoms with Gasteiger partial charge in [-0.05, 0) is 58.1 Å². The van der Waals surface area contributed by atoms with Crippen LogP contribution in [0.5, 0.6) is 5.75 Å². The molecule has 3 nitrogen and oxygen atoms in total. The summed E-state index contributed by atoms with van der Waals surface area (Å²) in [5.41, 5.74) is 2.92. The van der Waals surface area contributed by atoms with Crippen LogP contribution in [0.1, 0.15) is 30.9 Å². The Bertz CT molecular complexity index is 716. The zero-order valence-corrected chi connectivity index (χ0v) is 14.9. The van der Waals surface area contributed by atoms with Gasteiger partial charge in [0.1, 0.15) is 11.6 Å². The second kappa shape index (κ2) is 7.59. The quantitative estimate of drug-likeness (QED) is 0.790. The standard InChI is InChI=1S/C18H19BrFNO2/c1-11(2)14-6-4-5-12(3)18(14)21-17(22)10-23-16-8-7-13(20)9-15(16)19/h4-9,11H,10H2,1-3H3,(H,21,22). The van der Waals surface area contributed by atoms with E-state index in [0.717, 1.165) is 16.8 Å². The fourth-order valence-corrected chi connectivity index (χ4v) is 2.72. The lowest BCUT2D eigenvalue weighted by Gasteiger charge is -2.16. The molecule has 0 saturated heterocycles. The number of hydrogen-bond acceptors (Lipinski definition) is 2. The summed E-state index contributed by atoms with van der Waals surface area (Å²) in [6.45, 7) is 5.97. The first kappa shape index (κ1) is 17.5. The number of carbonyl (C=O) groups is 1. The topological polar surface area (TPSA) is 38.3 Å². The molecule has 0 aliphatic rings. The van der Waals surface area contributed by atoms with Gasteiger partial charge >= 0.3 is 0 Å². The third-order valence-electron chi connectivity index (χ3n) is 3.44. The number of amides is 1. The molecule has 0 fully saturated rings. The van der Waals surface area contributed by atoms with Crippen molar-refractivity contribution >= 4 is 27.5 Å². The van der Waals surface area contributed by atoms with E-state index in [0.29, 0.717) is 16.1 Å². The van der Waals surface area contributed by atoms with Crippen molar-refractivity contribution in [2.75, 3.05) is 11.9 Å². The molecular weight excluding hydrogens is 361 g/mol. The number of carbonyl (C=O) groups excluding carboxylic acids is 1. The van der Waals surface area contributed by atoms with Crippen LogP contribution in [0.4, 0.5) is 10.1 Å². The van der Waals surface area contributed by atoms with Gasteiger partial charge in [0.05, 0.1) is 4.47 Å². The lowest BCUT2D eigenvalue weighted by molar-refractivity contribution is -0.118. The zero-order valence-electron chi connectivity index (χ0n) is 13.3. The Morgan fingerprint density at radius 2 is 2.04 bits per heavy atom. The van der Waals surface area contributed by atoms with Gasteiger partial charge in [0.25, 0.3) is 5.91 Å². The van der Waals surface area contributed by atoms with E-state index >= 15 is 0 Å². The molecule has 0 aliphatic heterocycles. The summed E-state index contributed by atoms with van der Waals surface area (Å²) in [7, 11) is 0. The Hall–Kier alpha value is -1.88. The molecule has 0 heterocycles. The van der Waals surface area contributed by atoms with Gasteiger partial charge in [-0.15, -0.1) is 0 Å². The summed E-state index contributed by atoms with van der Waals surface area (Å²) in [6, 6.07) is 10.0. The van der Waals surface area contributed by atoms with Crippen molar-refractivity contribution in [3.05, 3.63) is 57.8 Å². The summed E-state index contributed by atoms with van der Waals surface area (Å²) in [5.74, 6) is 0.111. The monoisotopic (exact) mass is 379 g/mol. The van der Waals surface area contributed by atoms with Crippen molar-refractivity contribution in [3.8, 4) is 5.75 Å². The van der Waals surface area contributed by atoms with Crippen molar-refractivity contribution < 1.29 is 13.9 Å². The van der Waals surface area contributed by atoms with Gasteiger partial charge in [0, 0.05) is 5.69 Å². The van der Waals surface area contributed by atoms with Gasteiger partial charge in [-0.1, -0.05) is 32.0 Å². The first-order valence-corrected chi connectivity index (χ1v) is 8.15. The zero-order chi connectivity index (χ0) is 17.0. The van der Waals surface area contributed by atoms with Gasteiger partial charge in [0.15, 0.2) is 6.61 Å². The third-order valence-corrected chi connectivity index (χ3v) is 4.06. The highest BCUT2D eigenvalue weighted by Crippen LogP contribution is 2.28. The molecule has 0 atom stereocenters. The van der Waals surface area contributed by atoms with Crippen LogP contribution in [0.2, 0.25) is 0 Å². The fraction of sp³-hybridized carbons (Fsp3) is 0.278. The number of ether oxygens (including phenoxy) is 1. The number of rotatable bonds is 5. The number of nitrogens with one attached hydrogen (secondary N) is 1. The van der Waals surface area contributed by atoms with E-state index in [9.17, 15) is 9.18 Å². The average molecular weight is 380 g/mol. The van der Waals surface area contributed by atoms with Gasteiger partial charge in [-0.3, -0.25) is 4.79 Å². The Labute approximate surface area is 144 Å². The average Bonchev–Trinajstić information content (AvgIpc) is 2.48. The number of aryl methyl sites for hydroxylation is 1. The van der Waals surface area contributed by atoms with Gasteiger partial charge in [-0.25, -0.2) is 4.39 Å². The minimum Gasteiger partial charge on any atom is -0.483 e. The molecule has 2 aromatic carbocycles. The van der Waals surface area contributed by atoms with E-state index < -0.39 is 0 Å². The van der Waals surface area contributed by atoms with Crippen LogP contribution < -0.4 is 10.1 Å². The van der Waals surface area contributed by atoms with Gasteiger partial charge in [0.2, 0.25) is 0 Å². The van der Waals surface area contributed by atoms with Crippen molar-refractivity contribution in [2.24, 2.45) is 0 Å². The summed E-state index contributed by atoms with van der Waals surface area (Å²) in [5, 5.41) is 2.91. The van der Waals surface area contributed by atoms with Crippen LogP contribution >= 0.6 is 15.9 Å². The number of halogens is 2. The summed E-state index contributed by atoms with van der Waals surface area (Å²) >= 11 is 3.21. The van der Waals surface area contributed by atoms with Crippen molar-refractivity contribution in [3.63, 3.8) is 0 Å². The smallest absolute Gasteiger partial charge is 0.262 e. The lowest BCUT2D eigenvalue weighted by atomic mass is 9.98. The van der Waals surface area contributed by atoms with E-state index in [1.54, 1.807) is 0 Å². The maximum Gasteiger partial charge on any atom is 0.262 e. The minimum absolute atomic E-state index is 0.143. The molecule has 0 aliphatic carbocycles. The molecule has 0 spiro atoms. The molecule has 0 bridgehead atoms. The molecule has 2 rings (SSSR count). The molecule has 1 N–H and O–H groups in total. The number of benzene rings is 2. The molecule has 2 aromatic rings. The van der Waals surface area contributed by atoms with Crippen LogP contribution in [0.3, 0.4) is 0 Å². The van der Waals surface area contributed by atoms with E-state index in [1.807, 2.05) is 25.1 Å². The van der Waals surface area contributed by atoms with E-state index in [4.69, 9.17) is 4.74 Å². The molecule has 0 radical (unpaired) electrons. The molecule has 0 saturated carbocycles. The predicted molar refractivity (Wildman–Crippen MR) is 93.5 cm³/mol. The number of anilines is 1. The van der Waals surface area contributed by atoms with Crippen molar-refractivity contribution in [1.29, 1.82) is 0 Å². The highest BCUT2D eigenvalue weighted by Gasteiger charge is 2.13. The predicted octanol–water partition coefficient (Wildman–Crippen LogP) is 5.04. The molecule has 122 valence electrons. The van der Waals surface area contributed by atoms with Crippen LogP contribution in [-0.2, 0) is 4.79 Å². The Kier molecular flexibility index (Phi) is 5.77. The van der Waals surface area contributed by atoms with Crippen LogP contribution in [0, 0.1) is 12.7 Å². The second-order valence-electron chi connectivity index (χ2n) is 5.61. The molecular formula is C18H19BrFNO2. The largest absolute Gasteiger partial charge is 0.483 e. The molecule has 23 heavy (non-hydrogen) atoms. The maximum atomic E-state index is 13.0. The van der Waals surface area contributed by atoms with Crippen LogP contribution in [0.25, 0.3) is 0 Å². The van der Waals surface area contributed by atoms with Gasteiger partial charge in [-0.2, -0.15) is 0 Å². The van der Waals surface area contributed by atoms with Crippen LogP contribution in [-0.4, -0.2) is 12.5 Å². The molecule has 1 amide bonds. The van der Waals surface area contributed by atoms with Crippen LogP contribution in [0.15, 0.2) is 40.9 Å². The highest BCUT2D eigenvalue weighted by molar-refractivity contribution is 9.10. The third kappa shape index (κ3) is 4.55. The summed E-state index contributed by atoms with van der Waals surface area (Å²) in [4.78, 5) is 12.2. The highest BCUT2D eigenvalue weighted by atomic mass is 79.9. The Morgan fingerprint density at radius 3 is 2.70 bits per heavy atom. The lowest BCUT2D eigenvalue weighted by Crippen LogP contribution is -2.21. The summed E-state index contributed by atoms with van der Waals surface area (Å²) in [6.07, 6.45) is 0. The van der Waals surface area contributed by atoms with E-state index in [-0.39, 0.29) is 18.3 Å². The first-order valence-electron chi connectivity index (χ1n) is 7.35. The molecule has 0 aromatic heterocycles. The number of para-hydroxylation sites is 1. The Balaban J connectivity index is 2.06. The minimum atomic E-state index is -0.366. The SMILES string of the molecule is Cc1cccc(C(C)C)c1NC(=O)COc1ccc(F)cc1Br. The van der Waals surface area contributed by atoms with Gasteiger partial charge < -0.3 is 10.1 Å². The van der Waals surface area contributed by atoms with E-state index in [2.05, 4.69) is 35.1 Å². The maximum absolute atomic E-state index is 13.0. The fourth-order valence-electron chi connectivity index (χ4n) is 2.25. The summed E-state index contributed by atoms with van der Waals surface area (Å²) < 4.78 is 18.9. The van der Waals surface area contributed by atoms with Crippen molar-refractivity contribution in [2.45, 2.75) is 26.7 Å². The van der Waals surface area contributed by atoms with E-state index in [1.165, 1.54) is 18.2 Å². The molecule has 5 heteroatoms. The first-order chi connectivity index (χ1) is 10.9. The molecule has 0 unspecified atom stereocenters. The number of hydrogen-bond donors (Lipinski definition) is 1. The van der Waals surface area contributed by atoms with Crippen molar-refractivity contribution in [1.82, 2.24) is 0 Å². The normalized spacial score (nSPS) is 10.7. The Morgan fingerprint density at radius 1 is 1.30 bits per heavy atom.